The van der Waals surface area contributed by atoms with Gasteiger partial charge >= 0.3 is 0 Å². The number of benzene rings is 2. The van der Waals surface area contributed by atoms with E-state index in [9.17, 15) is 4.79 Å². The fourth-order valence-corrected chi connectivity index (χ4v) is 3.69. The van der Waals surface area contributed by atoms with Crippen LogP contribution in [0.3, 0.4) is 0 Å². The Kier molecular flexibility index (Phi) is 9.21. The highest BCUT2D eigenvalue weighted by molar-refractivity contribution is 7.80. The van der Waals surface area contributed by atoms with E-state index in [0.717, 1.165) is 19.4 Å². The van der Waals surface area contributed by atoms with E-state index in [4.69, 9.17) is 49.6 Å². The molecule has 0 saturated carbocycles. The Balaban J connectivity index is 1.39. The van der Waals surface area contributed by atoms with Gasteiger partial charge in [-0.25, -0.2) is 0 Å². The first-order valence-corrected chi connectivity index (χ1v) is 11.2. The van der Waals surface area contributed by atoms with Gasteiger partial charge in [0.25, 0.3) is 0 Å². The van der Waals surface area contributed by atoms with E-state index in [0.29, 0.717) is 46.9 Å². The molecule has 1 heterocycles. The lowest BCUT2D eigenvalue weighted by Crippen LogP contribution is -2.34. The maximum atomic E-state index is 12.2. The van der Waals surface area contributed by atoms with Crippen LogP contribution in [0.4, 0.5) is 5.69 Å². The number of anilines is 1. The lowest BCUT2D eigenvalue weighted by molar-refractivity contribution is -0.119. The van der Waals surface area contributed by atoms with Gasteiger partial charge in [0.2, 0.25) is 5.91 Å². The molecule has 166 valence electrons. The SMILES string of the molecule is O=C(CCCOc1ccc(Cl)cc1Cl)NC(=S)Nc1ccccc1OCC1CCCO1. The number of rotatable bonds is 9. The van der Waals surface area contributed by atoms with Crippen molar-refractivity contribution >= 4 is 52.1 Å². The molecule has 1 fully saturated rings. The van der Waals surface area contributed by atoms with Crippen molar-refractivity contribution in [2.75, 3.05) is 25.1 Å². The van der Waals surface area contributed by atoms with Crippen molar-refractivity contribution in [3.05, 3.63) is 52.5 Å². The average Bonchev–Trinajstić information content (AvgIpc) is 3.25. The molecule has 0 spiro atoms. The highest BCUT2D eigenvalue weighted by Gasteiger charge is 2.17. The third kappa shape index (κ3) is 7.85. The van der Waals surface area contributed by atoms with Gasteiger partial charge in [0.15, 0.2) is 5.11 Å². The fourth-order valence-electron chi connectivity index (χ4n) is 3.00. The number of ether oxygens (including phenoxy) is 3. The number of thiocarbonyl (C=S) groups is 1. The van der Waals surface area contributed by atoms with E-state index < -0.39 is 0 Å². The Labute approximate surface area is 197 Å². The molecule has 0 bridgehead atoms. The molecule has 0 aliphatic carbocycles. The quantitative estimate of drug-likeness (QED) is 0.377. The van der Waals surface area contributed by atoms with Gasteiger partial charge in [0.05, 0.1) is 23.4 Å². The first kappa shape index (κ1) is 23.6. The molecule has 1 atom stereocenters. The second-order valence-corrected chi connectivity index (χ2v) is 8.22. The lowest BCUT2D eigenvalue weighted by Gasteiger charge is -2.16. The van der Waals surface area contributed by atoms with Crippen LogP contribution in [0, 0.1) is 0 Å². The third-order valence-electron chi connectivity index (χ3n) is 4.54. The van der Waals surface area contributed by atoms with Crippen molar-refractivity contribution in [3.63, 3.8) is 0 Å². The van der Waals surface area contributed by atoms with Crippen molar-refractivity contribution in [2.45, 2.75) is 31.8 Å². The highest BCUT2D eigenvalue weighted by atomic mass is 35.5. The molecule has 1 amide bonds. The second-order valence-electron chi connectivity index (χ2n) is 6.97. The van der Waals surface area contributed by atoms with Gasteiger partial charge in [-0.05, 0) is 61.8 Å². The summed E-state index contributed by atoms with van der Waals surface area (Å²) in [5.41, 5.74) is 0.687. The van der Waals surface area contributed by atoms with E-state index in [1.807, 2.05) is 24.3 Å². The van der Waals surface area contributed by atoms with Crippen LogP contribution >= 0.6 is 35.4 Å². The zero-order chi connectivity index (χ0) is 22.1. The monoisotopic (exact) mass is 482 g/mol. The number of carbonyl (C=O) groups is 1. The number of hydrogen-bond acceptors (Lipinski definition) is 5. The Morgan fingerprint density at radius 2 is 2.00 bits per heavy atom. The predicted molar refractivity (Wildman–Crippen MR) is 126 cm³/mol. The maximum absolute atomic E-state index is 12.2. The maximum Gasteiger partial charge on any atom is 0.226 e. The Morgan fingerprint density at radius 1 is 1.16 bits per heavy atom. The largest absolute Gasteiger partial charge is 0.492 e. The summed E-state index contributed by atoms with van der Waals surface area (Å²) in [5.74, 6) is 0.979. The topological polar surface area (TPSA) is 68.8 Å². The Hall–Kier alpha value is -2.06. The van der Waals surface area contributed by atoms with Gasteiger partial charge in [0.1, 0.15) is 18.1 Å². The summed E-state index contributed by atoms with van der Waals surface area (Å²) in [4.78, 5) is 12.2. The average molecular weight is 483 g/mol. The number of amides is 1. The fraction of sp³-hybridized carbons (Fsp3) is 0.364. The number of halogens is 2. The lowest BCUT2D eigenvalue weighted by atomic mass is 10.2. The van der Waals surface area contributed by atoms with Gasteiger partial charge in [-0.1, -0.05) is 35.3 Å². The summed E-state index contributed by atoms with van der Waals surface area (Å²) >= 11 is 17.2. The van der Waals surface area contributed by atoms with Crippen LogP contribution in [0.25, 0.3) is 0 Å². The number of para-hydroxylation sites is 2. The standard InChI is InChI=1S/C22H24Cl2N2O4S/c23-15-9-10-19(17(24)13-15)29-12-4-8-21(27)26-22(31)25-18-6-1-2-7-20(18)30-14-16-5-3-11-28-16/h1-2,6-7,9-10,13,16H,3-5,8,11-12,14H2,(H2,25,26,27,31). The minimum Gasteiger partial charge on any atom is -0.492 e. The molecule has 1 saturated heterocycles. The molecular weight excluding hydrogens is 459 g/mol. The smallest absolute Gasteiger partial charge is 0.226 e. The molecular formula is C22H24Cl2N2O4S. The summed E-state index contributed by atoms with van der Waals surface area (Å²) in [6.07, 6.45) is 2.93. The molecule has 2 aromatic rings. The van der Waals surface area contributed by atoms with Crippen LogP contribution in [0.1, 0.15) is 25.7 Å². The molecule has 2 N–H and O–H groups in total. The summed E-state index contributed by atoms with van der Waals surface area (Å²) < 4.78 is 17.0. The van der Waals surface area contributed by atoms with E-state index >= 15 is 0 Å². The van der Waals surface area contributed by atoms with E-state index in [2.05, 4.69) is 10.6 Å². The number of nitrogens with one attached hydrogen (secondary N) is 2. The molecule has 6 nitrogen and oxygen atoms in total. The molecule has 1 aliphatic rings. The zero-order valence-electron chi connectivity index (χ0n) is 16.9. The van der Waals surface area contributed by atoms with Crippen LogP contribution in [0.5, 0.6) is 11.5 Å². The first-order chi connectivity index (χ1) is 15.0. The van der Waals surface area contributed by atoms with Crippen molar-refractivity contribution in [1.82, 2.24) is 5.32 Å². The first-order valence-electron chi connectivity index (χ1n) is 10.0. The van der Waals surface area contributed by atoms with Gasteiger partial charge in [-0.2, -0.15) is 0 Å². The van der Waals surface area contributed by atoms with Gasteiger partial charge in [-0.3, -0.25) is 4.79 Å². The van der Waals surface area contributed by atoms with Crippen molar-refractivity contribution < 1.29 is 19.0 Å². The van der Waals surface area contributed by atoms with Gasteiger partial charge in [0, 0.05) is 18.1 Å². The Morgan fingerprint density at radius 3 is 2.77 bits per heavy atom. The summed E-state index contributed by atoms with van der Waals surface area (Å²) in [6, 6.07) is 12.4. The van der Waals surface area contributed by atoms with Crippen LogP contribution in [-0.2, 0) is 9.53 Å². The minimum atomic E-state index is -0.207. The molecule has 1 aliphatic heterocycles. The minimum absolute atomic E-state index is 0.115. The normalized spacial score (nSPS) is 15.4. The molecule has 9 heteroatoms. The second kappa shape index (κ2) is 12.1. The van der Waals surface area contributed by atoms with Gasteiger partial charge < -0.3 is 24.8 Å². The van der Waals surface area contributed by atoms with Crippen LogP contribution in [-0.4, -0.2) is 36.9 Å². The van der Waals surface area contributed by atoms with Gasteiger partial charge in [-0.15, -0.1) is 0 Å². The Bertz CT molecular complexity index is 907. The zero-order valence-corrected chi connectivity index (χ0v) is 19.2. The van der Waals surface area contributed by atoms with Crippen LogP contribution in [0.15, 0.2) is 42.5 Å². The molecule has 1 unspecified atom stereocenters. The molecule has 0 radical (unpaired) electrons. The van der Waals surface area contributed by atoms with Crippen molar-refractivity contribution in [3.8, 4) is 11.5 Å². The highest BCUT2D eigenvalue weighted by Crippen LogP contribution is 2.28. The molecule has 3 rings (SSSR count). The van der Waals surface area contributed by atoms with Crippen molar-refractivity contribution in [1.29, 1.82) is 0 Å². The molecule has 2 aromatic carbocycles. The van der Waals surface area contributed by atoms with Crippen molar-refractivity contribution in [2.24, 2.45) is 0 Å². The van der Waals surface area contributed by atoms with E-state index in [1.165, 1.54) is 0 Å². The third-order valence-corrected chi connectivity index (χ3v) is 5.27. The molecule has 0 aromatic heterocycles. The van der Waals surface area contributed by atoms with E-state index in [1.54, 1.807) is 18.2 Å². The summed E-state index contributed by atoms with van der Waals surface area (Å²) in [6.45, 7) is 1.60. The summed E-state index contributed by atoms with van der Waals surface area (Å²) in [5, 5.41) is 6.87. The van der Waals surface area contributed by atoms with E-state index in [-0.39, 0.29) is 23.5 Å². The predicted octanol–water partition coefficient (Wildman–Crippen LogP) is 5.22. The summed E-state index contributed by atoms with van der Waals surface area (Å²) in [7, 11) is 0. The number of hydrogen-bond donors (Lipinski definition) is 2. The van der Waals surface area contributed by atoms with Crippen LogP contribution < -0.4 is 20.1 Å². The number of carbonyl (C=O) groups excluding carboxylic acids is 1. The van der Waals surface area contributed by atoms with Crippen LogP contribution in [0.2, 0.25) is 10.0 Å². The molecule has 31 heavy (non-hydrogen) atoms.